The minimum atomic E-state index is -0.711. The molecule has 25 heavy (non-hydrogen) atoms. The Morgan fingerprint density at radius 2 is 2.12 bits per heavy atom. The van der Waals surface area contributed by atoms with Crippen molar-refractivity contribution in [3.8, 4) is 11.6 Å². The van der Waals surface area contributed by atoms with Crippen molar-refractivity contribution in [3.63, 3.8) is 0 Å². The first-order valence-electron chi connectivity index (χ1n) is 7.19. The molecular weight excluding hydrogens is 385 g/mol. The molecule has 0 N–H and O–H groups in total. The van der Waals surface area contributed by atoms with Gasteiger partial charge in [0.1, 0.15) is 10.1 Å². The van der Waals surface area contributed by atoms with Gasteiger partial charge in [-0.15, -0.1) is 0 Å². The molecule has 1 aliphatic heterocycles. The largest absolute Gasteiger partial charge is 0.436 e. The van der Waals surface area contributed by atoms with Gasteiger partial charge in [0.15, 0.2) is 0 Å². The molecule has 0 atom stereocenters. The van der Waals surface area contributed by atoms with Crippen LogP contribution < -0.4 is 4.74 Å². The number of nitrogens with zero attached hydrogens (tertiary/aromatic N) is 3. The summed E-state index contributed by atoms with van der Waals surface area (Å²) < 4.78 is 19.5. The maximum Gasteiger partial charge on any atom is 0.266 e. The molecule has 1 amide bonds. The number of likely N-dealkylation sites (N-methyl/N-ethyl adjacent to an activating group) is 1. The average Bonchev–Trinajstić information content (AvgIpc) is 2.86. The zero-order chi connectivity index (χ0) is 18.0. The number of ether oxygens (including phenoxy) is 1. The maximum atomic E-state index is 13.6. The lowest BCUT2D eigenvalue weighted by Crippen LogP contribution is -2.27. The third kappa shape index (κ3) is 3.97. The smallest absolute Gasteiger partial charge is 0.266 e. The van der Waals surface area contributed by atoms with Crippen LogP contribution in [-0.2, 0) is 4.79 Å². The fourth-order valence-electron chi connectivity index (χ4n) is 2.07. The monoisotopic (exact) mass is 395 g/mol. The zero-order valence-electron chi connectivity index (χ0n) is 12.9. The van der Waals surface area contributed by atoms with Gasteiger partial charge < -0.3 is 4.74 Å². The minimum Gasteiger partial charge on any atom is -0.436 e. The van der Waals surface area contributed by atoms with Gasteiger partial charge in [0.25, 0.3) is 11.8 Å². The Balaban J connectivity index is 1.77. The number of amides is 1. The standard InChI is InChI=1S/C16H11ClFN3O2S2/c1-2-21-14(22)12(25-16(21)24)7-9-3-5-10(6-4-9)23-13-11(18)8-19-15(17)20-13/h3-8H,2H2,1H3/b12-7+. The van der Waals surface area contributed by atoms with Gasteiger partial charge in [-0.1, -0.05) is 36.1 Å². The molecule has 0 saturated carbocycles. The highest BCUT2D eigenvalue weighted by molar-refractivity contribution is 8.26. The molecule has 2 heterocycles. The van der Waals surface area contributed by atoms with Gasteiger partial charge in [0, 0.05) is 6.54 Å². The fourth-order valence-corrected chi connectivity index (χ4v) is 3.58. The summed E-state index contributed by atoms with van der Waals surface area (Å²) in [4.78, 5) is 21.5. The molecule has 0 spiro atoms. The number of hydrogen-bond acceptors (Lipinski definition) is 6. The van der Waals surface area contributed by atoms with Crippen LogP contribution in [0.15, 0.2) is 35.4 Å². The molecule has 2 aromatic rings. The molecule has 0 radical (unpaired) electrons. The second-order valence-corrected chi connectivity index (χ2v) is 6.90. The first kappa shape index (κ1) is 17.8. The molecule has 1 saturated heterocycles. The van der Waals surface area contributed by atoms with E-state index in [2.05, 4.69) is 9.97 Å². The van der Waals surface area contributed by atoms with Crippen LogP contribution in [0.1, 0.15) is 12.5 Å². The molecule has 1 aromatic carbocycles. The lowest BCUT2D eigenvalue weighted by molar-refractivity contribution is -0.121. The van der Waals surface area contributed by atoms with Crippen LogP contribution in [0, 0.1) is 5.82 Å². The van der Waals surface area contributed by atoms with Crippen LogP contribution in [0.2, 0.25) is 5.28 Å². The van der Waals surface area contributed by atoms with Crippen molar-refractivity contribution < 1.29 is 13.9 Å². The maximum absolute atomic E-state index is 13.6. The summed E-state index contributed by atoms with van der Waals surface area (Å²) in [5, 5.41) is -0.106. The molecule has 0 unspecified atom stereocenters. The van der Waals surface area contributed by atoms with Gasteiger partial charge >= 0.3 is 0 Å². The highest BCUT2D eigenvalue weighted by Gasteiger charge is 2.30. The van der Waals surface area contributed by atoms with E-state index in [0.29, 0.717) is 21.5 Å². The van der Waals surface area contributed by atoms with Crippen molar-refractivity contribution in [3.05, 3.63) is 52.0 Å². The summed E-state index contributed by atoms with van der Waals surface area (Å²) in [5.74, 6) is -0.685. The van der Waals surface area contributed by atoms with E-state index in [0.717, 1.165) is 11.8 Å². The van der Waals surface area contributed by atoms with E-state index in [1.807, 2.05) is 6.92 Å². The van der Waals surface area contributed by atoms with Gasteiger partial charge in [0.05, 0.1) is 11.1 Å². The summed E-state index contributed by atoms with van der Waals surface area (Å²) in [6.07, 6.45) is 2.69. The van der Waals surface area contributed by atoms with Crippen LogP contribution in [0.5, 0.6) is 11.6 Å². The van der Waals surface area contributed by atoms with Crippen molar-refractivity contribution in [1.82, 2.24) is 14.9 Å². The number of thioether (sulfide) groups is 1. The summed E-state index contributed by atoms with van der Waals surface area (Å²) >= 11 is 12.1. The number of benzene rings is 1. The highest BCUT2D eigenvalue weighted by Crippen LogP contribution is 2.32. The van der Waals surface area contributed by atoms with Crippen molar-refractivity contribution >= 4 is 51.9 Å². The molecule has 1 fully saturated rings. The van der Waals surface area contributed by atoms with Crippen LogP contribution in [0.25, 0.3) is 6.08 Å². The molecule has 3 rings (SSSR count). The topological polar surface area (TPSA) is 55.3 Å². The van der Waals surface area contributed by atoms with E-state index in [-0.39, 0.29) is 17.1 Å². The number of rotatable bonds is 4. The van der Waals surface area contributed by atoms with E-state index in [4.69, 9.17) is 28.6 Å². The highest BCUT2D eigenvalue weighted by atomic mass is 35.5. The van der Waals surface area contributed by atoms with Crippen LogP contribution in [0.3, 0.4) is 0 Å². The number of carbonyl (C=O) groups excluding carboxylic acids is 1. The lowest BCUT2D eigenvalue weighted by Gasteiger charge is -2.09. The quantitative estimate of drug-likeness (QED) is 0.437. The summed E-state index contributed by atoms with van der Waals surface area (Å²) in [6.45, 7) is 2.42. The summed E-state index contributed by atoms with van der Waals surface area (Å²) in [7, 11) is 0. The molecule has 0 bridgehead atoms. The second kappa shape index (κ2) is 7.47. The Hall–Kier alpha value is -2.03. The van der Waals surface area contributed by atoms with Gasteiger partial charge in [-0.3, -0.25) is 9.69 Å². The Morgan fingerprint density at radius 3 is 2.76 bits per heavy atom. The van der Waals surface area contributed by atoms with E-state index in [9.17, 15) is 9.18 Å². The van der Waals surface area contributed by atoms with Gasteiger partial charge in [-0.25, -0.2) is 4.98 Å². The molecule has 128 valence electrons. The number of aromatic nitrogens is 2. The number of halogens is 2. The Labute approximate surface area is 157 Å². The molecular formula is C16H11ClFN3O2S2. The van der Waals surface area contributed by atoms with Gasteiger partial charge in [-0.2, -0.15) is 9.37 Å². The first-order valence-corrected chi connectivity index (χ1v) is 8.79. The van der Waals surface area contributed by atoms with Crippen LogP contribution in [0.4, 0.5) is 4.39 Å². The summed E-state index contributed by atoms with van der Waals surface area (Å²) in [6, 6.07) is 6.77. The molecule has 5 nitrogen and oxygen atoms in total. The molecule has 0 aliphatic carbocycles. The van der Waals surface area contributed by atoms with Crippen molar-refractivity contribution in [1.29, 1.82) is 0 Å². The normalized spacial score (nSPS) is 16.0. The van der Waals surface area contributed by atoms with Crippen molar-refractivity contribution in [2.45, 2.75) is 6.92 Å². The predicted molar refractivity (Wildman–Crippen MR) is 99.1 cm³/mol. The molecule has 1 aliphatic rings. The number of hydrogen-bond donors (Lipinski definition) is 0. The lowest BCUT2D eigenvalue weighted by atomic mass is 10.2. The van der Waals surface area contributed by atoms with E-state index >= 15 is 0 Å². The second-order valence-electron chi connectivity index (χ2n) is 4.89. The third-order valence-corrected chi connectivity index (χ3v) is 4.82. The van der Waals surface area contributed by atoms with Gasteiger partial charge in [-0.05, 0) is 42.3 Å². The van der Waals surface area contributed by atoms with Crippen LogP contribution >= 0.6 is 35.6 Å². The number of thiocarbonyl (C=S) groups is 1. The fraction of sp³-hybridized carbons (Fsp3) is 0.125. The Morgan fingerprint density at radius 1 is 1.40 bits per heavy atom. The molecule has 9 heteroatoms. The van der Waals surface area contributed by atoms with Crippen molar-refractivity contribution in [2.75, 3.05) is 6.54 Å². The van der Waals surface area contributed by atoms with Crippen LogP contribution in [-0.4, -0.2) is 31.6 Å². The van der Waals surface area contributed by atoms with Gasteiger partial charge in [0.2, 0.25) is 11.1 Å². The summed E-state index contributed by atoms with van der Waals surface area (Å²) in [5.41, 5.74) is 0.796. The van der Waals surface area contributed by atoms with E-state index in [1.165, 1.54) is 11.8 Å². The molecule has 1 aromatic heterocycles. The average molecular weight is 396 g/mol. The SMILES string of the molecule is CCN1C(=O)/C(=C\c2ccc(Oc3nc(Cl)ncc3F)cc2)SC1=S. The predicted octanol–water partition coefficient (Wildman–Crippen LogP) is 4.28. The van der Waals surface area contributed by atoms with Crippen molar-refractivity contribution in [2.24, 2.45) is 0 Å². The first-order chi connectivity index (χ1) is 12.0. The minimum absolute atomic E-state index is 0.101. The Kier molecular flexibility index (Phi) is 5.31. The third-order valence-electron chi connectivity index (χ3n) is 3.26. The zero-order valence-corrected chi connectivity index (χ0v) is 15.3. The van der Waals surface area contributed by atoms with E-state index in [1.54, 1.807) is 35.2 Å². The Bertz CT molecular complexity index is 874. The van der Waals surface area contributed by atoms with E-state index < -0.39 is 5.82 Å². The number of carbonyl (C=O) groups is 1.